The van der Waals surface area contributed by atoms with E-state index in [0.29, 0.717) is 24.2 Å². The van der Waals surface area contributed by atoms with E-state index in [1.807, 2.05) is 12.1 Å². The van der Waals surface area contributed by atoms with E-state index in [1.165, 1.54) is 19.2 Å². The lowest BCUT2D eigenvalue weighted by Gasteiger charge is -2.04. The second kappa shape index (κ2) is 6.06. The van der Waals surface area contributed by atoms with Crippen molar-refractivity contribution >= 4 is 11.7 Å². The van der Waals surface area contributed by atoms with E-state index in [2.05, 4.69) is 10.3 Å². The summed E-state index contributed by atoms with van der Waals surface area (Å²) in [6.07, 6.45) is 2.20. The lowest BCUT2D eigenvalue weighted by Crippen LogP contribution is -2.25. The molecule has 0 spiro atoms. The molecule has 0 atom stereocenters. The first-order valence-electron chi connectivity index (χ1n) is 6.32. The van der Waals surface area contributed by atoms with Gasteiger partial charge in [0.15, 0.2) is 5.78 Å². The number of phenolic OH excluding ortho intramolecular Hbond substituents is 1. The second-order valence-corrected chi connectivity index (χ2v) is 4.53. The van der Waals surface area contributed by atoms with Crippen LogP contribution in [0.3, 0.4) is 0 Å². The highest BCUT2D eigenvalue weighted by atomic mass is 16.3. The first kappa shape index (κ1) is 13.9. The number of aromatic amines is 1. The van der Waals surface area contributed by atoms with Gasteiger partial charge in [-0.3, -0.25) is 9.59 Å². The highest BCUT2D eigenvalue weighted by molar-refractivity contribution is 5.99. The van der Waals surface area contributed by atoms with E-state index in [0.717, 1.165) is 5.56 Å². The quantitative estimate of drug-likeness (QED) is 0.727. The highest BCUT2D eigenvalue weighted by Gasteiger charge is 2.09. The molecular weight excluding hydrogens is 256 g/mol. The molecule has 0 radical (unpaired) electrons. The number of phenols is 1. The van der Waals surface area contributed by atoms with Crippen molar-refractivity contribution in [2.24, 2.45) is 0 Å². The van der Waals surface area contributed by atoms with Crippen LogP contribution < -0.4 is 5.32 Å². The molecule has 0 aliphatic carbocycles. The van der Waals surface area contributed by atoms with Gasteiger partial charge < -0.3 is 15.4 Å². The zero-order valence-electron chi connectivity index (χ0n) is 11.1. The predicted molar refractivity (Wildman–Crippen MR) is 74.9 cm³/mol. The molecule has 0 unspecified atom stereocenters. The molecule has 0 bridgehead atoms. The number of carbonyl (C=O) groups excluding carboxylic acids is 2. The maximum atomic E-state index is 11.8. The summed E-state index contributed by atoms with van der Waals surface area (Å²) >= 11 is 0. The Bertz CT molecular complexity index is 614. The smallest absolute Gasteiger partial charge is 0.267 e. The monoisotopic (exact) mass is 272 g/mol. The van der Waals surface area contributed by atoms with Crippen LogP contribution in [0.4, 0.5) is 0 Å². The van der Waals surface area contributed by atoms with Gasteiger partial charge in [-0.15, -0.1) is 0 Å². The fraction of sp³-hybridized carbons (Fsp3) is 0.200. The van der Waals surface area contributed by atoms with Crippen LogP contribution in [-0.2, 0) is 6.42 Å². The summed E-state index contributed by atoms with van der Waals surface area (Å²) in [7, 11) is 0. The minimum Gasteiger partial charge on any atom is -0.508 e. The Hall–Kier alpha value is -2.56. The van der Waals surface area contributed by atoms with E-state index >= 15 is 0 Å². The van der Waals surface area contributed by atoms with Crippen molar-refractivity contribution in [2.75, 3.05) is 6.54 Å². The Morgan fingerprint density at radius 2 is 1.95 bits per heavy atom. The molecule has 1 heterocycles. The molecule has 0 aliphatic heterocycles. The van der Waals surface area contributed by atoms with Crippen LogP contribution in [0.25, 0.3) is 0 Å². The normalized spacial score (nSPS) is 10.2. The first-order chi connectivity index (χ1) is 9.56. The third kappa shape index (κ3) is 3.47. The number of ketones is 1. The fourth-order valence-corrected chi connectivity index (χ4v) is 1.81. The second-order valence-electron chi connectivity index (χ2n) is 4.53. The number of hydrogen-bond donors (Lipinski definition) is 3. The topological polar surface area (TPSA) is 82.2 Å². The summed E-state index contributed by atoms with van der Waals surface area (Å²) in [5.41, 5.74) is 1.90. The minimum absolute atomic E-state index is 0.0793. The molecule has 3 N–H and O–H groups in total. The number of aromatic hydroxyl groups is 1. The third-order valence-corrected chi connectivity index (χ3v) is 2.97. The molecule has 1 amide bonds. The minimum atomic E-state index is -0.240. The highest BCUT2D eigenvalue weighted by Crippen LogP contribution is 2.09. The summed E-state index contributed by atoms with van der Waals surface area (Å²) in [5.74, 6) is -0.0957. The van der Waals surface area contributed by atoms with E-state index < -0.39 is 0 Å². The van der Waals surface area contributed by atoms with Crippen molar-refractivity contribution in [3.8, 4) is 5.75 Å². The van der Waals surface area contributed by atoms with Gasteiger partial charge in [-0.1, -0.05) is 12.1 Å². The van der Waals surface area contributed by atoms with Gasteiger partial charge in [0.2, 0.25) is 0 Å². The van der Waals surface area contributed by atoms with Crippen molar-refractivity contribution in [1.82, 2.24) is 10.3 Å². The summed E-state index contributed by atoms with van der Waals surface area (Å²) in [5, 5.41) is 11.9. The van der Waals surface area contributed by atoms with Crippen molar-refractivity contribution in [1.29, 1.82) is 0 Å². The van der Waals surface area contributed by atoms with Gasteiger partial charge in [0.05, 0.1) is 0 Å². The van der Waals surface area contributed by atoms with Crippen LogP contribution in [0.15, 0.2) is 36.5 Å². The van der Waals surface area contributed by atoms with Crippen LogP contribution in [0, 0.1) is 0 Å². The van der Waals surface area contributed by atoms with Crippen LogP contribution in [-0.4, -0.2) is 28.3 Å². The summed E-state index contributed by atoms with van der Waals surface area (Å²) in [4.78, 5) is 25.7. The number of rotatable bonds is 5. The molecule has 2 aromatic rings. The Morgan fingerprint density at radius 1 is 1.25 bits per heavy atom. The van der Waals surface area contributed by atoms with Crippen LogP contribution in [0.1, 0.15) is 33.3 Å². The average Bonchev–Trinajstić information content (AvgIpc) is 2.91. The SMILES string of the molecule is CC(=O)c1c[nH]c(C(=O)NCCc2ccc(O)cc2)c1. The molecule has 5 heteroatoms. The van der Waals surface area contributed by atoms with Gasteiger partial charge >= 0.3 is 0 Å². The van der Waals surface area contributed by atoms with Gasteiger partial charge in [0.25, 0.3) is 5.91 Å². The van der Waals surface area contributed by atoms with E-state index in [4.69, 9.17) is 5.11 Å². The molecule has 20 heavy (non-hydrogen) atoms. The molecule has 0 saturated carbocycles. The predicted octanol–water partition coefficient (Wildman–Crippen LogP) is 1.90. The van der Waals surface area contributed by atoms with Gasteiger partial charge in [0.1, 0.15) is 11.4 Å². The molecule has 104 valence electrons. The molecule has 5 nitrogen and oxygen atoms in total. The van der Waals surface area contributed by atoms with Gasteiger partial charge in [0, 0.05) is 18.3 Å². The number of aromatic nitrogens is 1. The molecule has 0 aliphatic rings. The number of Topliss-reactive ketones (excluding diaryl/α,β-unsaturated/α-hetero) is 1. The number of nitrogens with one attached hydrogen (secondary N) is 2. The lowest BCUT2D eigenvalue weighted by atomic mass is 10.1. The Morgan fingerprint density at radius 3 is 2.55 bits per heavy atom. The number of carbonyl (C=O) groups is 2. The zero-order chi connectivity index (χ0) is 14.5. The maximum Gasteiger partial charge on any atom is 0.267 e. The van der Waals surface area contributed by atoms with E-state index in [1.54, 1.807) is 12.1 Å². The molecule has 1 aromatic carbocycles. The lowest BCUT2D eigenvalue weighted by molar-refractivity contribution is 0.0949. The van der Waals surface area contributed by atoms with Crippen LogP contribution in [0.5, 0.6) is 5.75 Å². The standard InChI is InChI=1S/C15H16N2O3/c1-10(18)12-8-14(17-9-12)15(20)16-7-6-11-2-4-13(19)5-3-11/h2-5,8-9,17,19H,6-7H2,1H3,(H,16,20). The summed E-state index contributed by atoms with van der Waals surface area (Å²) in [6.45, 7) is 1.94. The molecule has 1 aromatic heterocycles. The summed E-state index contributed by atoms with van der Waals surface area (Å²) < 4.78 is 0. The van der Waals surface area contributed by atoms with Gasteiger partial charge in [-0.25, -0.2) is 0 Å². The van der Waals surface area contributed by atoms with Crippen molar-refractivity contribution < 1.29 is 14.7 Å². The Labute approximate surface area is 116 Å². The zero-order valence-corrected chi connectivity index (χ0v) is 11.1. The molecule has 2 rings (SSSR count). The van der Waals surface area contributed by atoms with Crippen LogP contribution in [0.2, 0.25) is 0 Å². The number of amides is 1. The Balaban J connectivity index is 1.85. The van der Waals surface area contributed by atoms with Gasteiger partial charge in [-0.05, 0) is 37.1 Å². The first-order valence-corrected chi connectivity index (χ1v) is 6.32. The fourth-order valence-electron chi connectivity index (χ4n) is 1.81. The number of benzene rings is 1. The van der Waals surface area contributed by atoms with Crippen LogP contribution >= 0.6 is 0 Å². The van der Waals surface area contributed by atoms with Crippen molar-refractivity contribution in [3.05, 3.63) is 53.3 Å². The number of H-pyrrole nitrogens is 1. The largest absolute Gasteiger partial charge is 0.508 e. The average molecular weight is 272 g/mol. The van der Waals surface area contributed by atoms with Gasteiger partial charge in [-0.2, -0.15) is 0 Å². The molecule has 0 fully saturated rings. The number of hydrogen-bond acceptors (Lipinski definition) is 3. The van der Waals surface area contributed by atoms with E-state index in [9.17, 15) is 9.59 Å². The Kier molecular flexibility index (Phi) is 4.20. The van der Waals surface area contributed by atoms with E-state index in [-0.39, 0.29) is 17.4 Å². The van der Waals surface area contributed by atoms with Crippen molar-refractivity contribution in [2.45, 2.75) is 13.3 Å². The third-order valence-electron chi connectivity index (χ3n) is 2.97. The molecular formula is C15H16N2O3. The van der Waals surface area contributed by atoms with Crippen molar-refractivity contribution in [3.63, 3.8) is 0 Å². The maximum absolute atomic E-state index is 11.8. The molecule has 0 saturated heterocycles. The summed E-state index contributed by atoms with van der Waals surface area (Å²) in [6, 6.07) is 8.38.